The van der Waals surface area contributed by atoms with E-state index in [1.807, 2.05) is 12.1 Å². The summed E-state index contributed by atoms with van der Waals surface area (Å²) in [6.07, 6.45) is 0. The van der Waals surface area contributed by atoms with E-state index >= 15 is 0 Å². The number of hydrogen-bond donors (Lipinski definition) is 1. The van der Waals surface area contributed by atoms with Gasteiger partial charge in [0.2, 0.25) is 0 Å². The summed E-state index contributed by atoms with van der Waals surface area (Å²) in [5.74, 6) is 0. The quantitative estimate of drug-likeness (QED) is 0.667. The molecule has 1 N–H and O–H groups in total. The molecule has 0 aliphatic heterocycles. The van der Waals surface area contributed by atoms with Crippen LogP contribution in [0.4, 0.5) is 11.4 Å². The van der Waals surface area contributed by atoms with E-state index in [1.54, 1.807) is 24.3 Å². The standard InChI is InChI=1S/C13H10Cl2N2O2/c14-10-3-5-12(6-4-10)16-8-9-1-2-11(15)7-13(9)17(18)19/h1-7,16H,8H2. The van der Waals surface area contributed by atoms with Crippen molar-refractivity contribution in [3.8, 4) is 0 Å². The number of nitro benzene ring substituents is 1. The van der Waals surface area contributed by atoms with Crippen LogP contribution in [0.1, 0.15) is 5.56 Å². The van der Waals surface area contributed by atoms with Gasteiger partial charge in [0.05, 0.1) is 4.92 Å². The third-order valence-corrected chi connectivity index (χ3v) is 3.06. The molecule has 0 aliphatic carbocycles. The normalized spacial score (nSPS) is 10.2. The molecule has 0 bridgehead atoms. The number of nitrogens with one attached hydrogen (secondary N) is 1. The molecule has 0 heterocycles. The number of nitrogens with zero attached hydrogens (tertiary/aromatic N) is 1. The molecule has 2 rings (SSSR count). The fraction of sp³-hybridized carbons (Fsp3) is 0.0769. The van der Waals surface area contributed by atoms with Gasteiger partial charge in [0.25, 0.3) is 5.69 Å². The van der Waals surface area contributed by atoms with Crippen molar-refractivity contribution in [2.24, 2.45) is 0 Å². The first-order chi connectivity index (χ1) is 9.06. The fourth-order valence-electron chi connectivity index (χ4n) is 1.62. The van der Waals surface area contributed by atoms with E-state index in [0.29, 0.717) is 22.2 Å². The molecule has 98 valence electrons. The molecule has 0 aliphatic rings. The van der Waals surface area contributed by atoms with E-state index in [-0.39, 0.29) is 5.69 Å². The Kier molecular flexibility index (Phi) is 4.24. The van der Waals surface area contributed by atoms with E-state index < -0.39 is 4.92 Å². The number of benzene rings is 2. The van der Waals surface area contributed by atoms with E-state index in [1.165, 1.54) is 6.07 Å². The molecule has 2 aromatic rings. The molecule has 2 aromatic carbocycles. The minimum Gasteiger partial charge on any atom is -0.381 e. The molecule has 19 heavy (non-hydrogen) atoms. The average Bonchev–Trinajstić information content (AvgIpc) is 2.39. The summed E-state index contributed by atoms with van der Waals surface area (Å²) >= 11 is 11.5. The molecule has 0 amide bonds. The summed E-state index contributed by atoms with van der Waals surface area (Å²) in [7, 11) is 0. The smallest absolute Gasteiger partial charge is 0.275 e. The molecule has 0 unspecified atom stereocenters. The summed E-state index contributed by atoms with van der Waals surface area (Å²) in [5.41, 5.74) is 1.42. The van der Waals surface area contributed by atoms with Crippen LogP contribution in [-0.2, 0) is 6.54 Å². The Balaban J connectivity index is 2.15. The van der Waals surface area contributed by atoms with E-state index in [4.69, 9.17) is 23.2 Å². The highest BCUT2D eigenvalue weighted by atomic mass is 35.5. The molecule has 4 nitrogen and oxygen atoms in total. The highest BCUT2D eigenvalue weighted by Crippen LogP contribution is 2.24. The second-order valence-corrected chi connectivity index (χ2v) is 4.76. The SMILES string of the molecule is O=[N+]([O-])c1cc(Cl)ccc1CNc1ccc(Cl)cc1. The van der Waals surface area contributed by atoms with Crippen molar-refractivity contribution in [2.45, 2.75) is 6.54 Å². The van der Waals surface area contributed by atoms with Gasteiger partial charge in [-0.15, -0.1) is 0 Å². The molecule has 0 saturated carbocycles. The molecule has 0 spiro atoms. The molecular formula is C13H10Cl2N2O2. The number of rotatable bonds is 4. The Labute approximate surface area is 120 Å². The van der Waals surface area contributed by atoms with Gasteiger partial charge in [-0.1, -0.05) is 23.2 Å². The average molecular weight is 297 g/mol. The van der Waals surface area contributed by atoms with Crippen molar-refractivity contribution in [1.29, 1.82) is 0 Å². The molecular weight excluding hydrogens is 287 g/mol. The summed E-state index contributed by atoms with van der Waals surface area (Å²) in [5, 5.41) is 15.0. The second kappa shape index (κ2) is 5.91. The zero-order valence-corrected chi connectivity index (χ0v) is 11.3. The Hall–Kier alpha value is -1.78. The van der Waals surface area contributed by atoms with E-state index in [2.05, 4.69) is 5.32 Å². The van der Waals surface area contributed by atoms with Gasteiger partial charge in [-0.05, 0) is 36.4 Å². The summed E-state index contributed by atoms with van der Waals surface area (Å²) in [6, 6.07) is 11.7. The van der Waals surface area contributed by atoms with Crippen molar-refractivity contribution < 1.29 is 4.92 Å². The van der Waals surface area contributed by atoms with Crippen LogP contribution in [0, 0.1) is 10.1 Å². The van der Waals surface area contributed by atoms with Gasteiger partial charge < -0.3 is 5.32 Å². The van der Waals surface area contributed by atoms with Crippen LogP contribution in [0.2, 0.25) is 10.0 Å². The molecule has 0 fully saturated rings. The Bertz CT molecular complexity index is 600. The van der Waals surface area contributed by atoms with Gasteiger partial charge in [-0.2, -0.15) is 0 Å². The Morgan fingerprint density at radius 1 is 1.05 bits per heavy atom. The van der Waals surface area contributed by atoms with Crippen LogP contribution in [0.5, 0.6) is 0 Å². The summed E-state index contributed by atoms with van der Waals surface area (Å²) in [6.45, 7) is 0.342. The lowest BCUT2D eigenvalue weighted by Crippen LogP contribution is -2.03. The van der Waals surface area contributed by atoms with Crippen molar-refractivity contribution in [1.82, 2.24) is 0 Å². The lowest BCUT2D eigenvalue weighted by molar-refractivity contribution is -0.385. The van der Waals surface area contributed by atoms with Crippen molar-refractivity contribution >= 4 is 34.6 Å². The zero-order chi connectivity index (χ0) is 13.8. The zero-order valence-electron chi connectivity index (χ0n) is 9.77. The highest BCUT2D eigenvalue weighted by Gasteiger charge is 2.13. The summed E-state index contributed by atoms with van der Waals surface area (Å²) < 4.78 is 0. The van der Waals surface area contributed by atoms with Gasteiger partial charge in [-0.25, -0.2) is 0 Å². The van der Waals surface area contributed by atoms with Crippen LogP contribution >= 0.6 is 23.2 Å². The first-order valence-corrected chi connectivity index (χ1v) is 6.24. The van der Waals surface area contributed by atoms with Gasteiger partial charge >= 0.3 is 0 Å². The lowest BCUT2D eigenvalue weighted by atomic mass is 10.1. The maximum Gasteiger partial charge on any atom is 0.275 e. The fourth-order valence-corrected chi connectivity index (χ4v) is 1.91. The molecule has 0 aromatic heterocycles. The predicted molar refractivity (Wildman–Crippen MR) is 76.9 cm³/mol. The monoisotopic (exact) mass is 296 g/mol. The molecule has 0 saturated heterocycles. The van der Waals surface area contributed by atoms with Crippen LogP contribution in [0.25, 0.3) is 0 Å². The first kappa shape index (κ1) is 13.6. The minimum absolute atomic E-state index is 0.00830. The topological polar surface area (TPSA) is 55.2 Å². The van der Waals surface area contributed by atoms with E-state index in [9.17, 15) is 10.1 Å². The van der Waals surface area contributed by atoms with Gasteiger partial charge in [0.15, 0.2) is 0 Å². The predicted octanol–water partition coefficient (Wildman–Crippen LogP) is 4.51. The molecule has 0 radical (unpaired) electrons. The van der Waals surface area contributed by atoms with Crippen LogP contribution in [-0.4, -0.2) is 4.92 Å². The van der Waals surface area contributed by atoms with Gasteiger partial charge in [0, 0.05) is 33.9 Å². The minimum atomic E-state index is -0.440. The van der Waals surface area contributed by atoms with Crippen molar-refractivity contribution in [3.63, 3.8) is 0 Å². The van der Waals surface area contributed by atoms with Crippen LogP contribution in [0.3, 0.4) is 0 Å². The third-order valence-electron chi connectivity index (χ3n) is 2.57. The van der Waals surface area contributed by atoms with Crippen molar-refractivity contribution in [3.05, 3.63) is 68.2 Å². The Morgan fingerprint density at radius 2 is 1.68 bits per heavy atom. The number of nitro groups is 1. The number of hydrogen-bond acceptors (Lipinski definition) is 3. The van der Waals surface area contributed by atoms with Crippen molar-refractivity contribution in [2.75, 3.05) is 5.32 Å². The number of anilines is 1. The molecule has 6 heteroatoms. The highest BCUT2D eigenvalue weighted by molar-refractivity contribution is 6.31. The lowest BCUT2D eigenvalue weighted by Gasteiger charge is -2.07. The Morgan fingerprint density at radius 3 is 2.32 bits per heavy atom. The largest absolute Gasteiger partial charge is 0.381 e. The maximum absolute atomic E-state index is 10.9. The summed E-state index contributed by atoms with van der Waals surface area (Å²) in [4.78, 5) is 10.5. The van der Waals surface area contributed by atoms with Crippen LogP contribution < -0.4 is 5.32 Å². The number of halogens is 2. The van der Waals surface area contributed by atoms with Gasteiger partial charge in [-0.3, -0.25) is 10.1 Å². The third kappa shape index (κ3) is 3.59. The van der Waals surface area contributed by atoms with Gasteiger partial charge in [0.1, 0.15) is 0 Å². The second-order valence-electron chi connectivity index (χ2n) is 3.89. The van der Waals surface area contributed by atoms with E-state index in [0.717, 1.165) is 5.69 Å². The first-order valence-electron chi connectivity index (χ1n) is 5.48. The maximum atomic E-state index is 10.9. The molecule has 0 atom stereocenters. The van der Waals surface area contributed by atoms with Crippen LogP contribution in [0.15, 0.2) is 42.5 Å².